The molecular weight excluding hydrogens is 385 g/mol. The molecule has 3 nitrogen and oxygen atoms in total. The van der Waals surface area contributed by atoms with Crippen LogP contribution in [0.15, 0.2) is 47.4 Å². The van der Waals surface area contributed by atoms with E-state index in [-0.39, 0.29) is 9.92 Å². The number of sulfonamides is 1. The van der Waals surface area contributed by atoms with E-state index in [9.17, 15) is 8.42 Å². The SMILES string of the molecule is O=S(=O)(Nc1ccc(Cl)cc1Cl)c1ccc(CBr)cc1. The molecule has 0 heterocycles. The molecular formula is C13H10BrCl2NO2S. The van der Waals surface area contributed by atoms with Crippen LogP contribution >= 0.6 is 39.1 Å². The highest BCUT2D eigenvalue weighted by Gasteiger charge is 2.15. The zero-order valence-electron chi connectivity index (χ0n) is 10.1. The maximum absolute atomic E-state index is 12.2. The molecule has 2 aromatic rings. The molecule has 106 valence electrons. The average Bonchev–Trinajstić information content (AvgIpc) is 2.42. The second-order valence-electron chi connectivity index (χ2n) is 4.01. The number of hydrogen-bond donors (Lipinski definition) is 1. The van der Waals surface area contributed by atoms with Gasteiger partial charge in [-0.25, -0.2) is 8.42 Å². The molecule has 0 radical (unpaired) electrons. The molecule has 0 saturated carbocycles. The molecule has 0 amide bonds. The molecule has 0 unspecified atom stereocenters. The number of anilines is 1. The molecule has 7 heteroatoms. The number of benzene rings is 2. The fourth-order valence-corrected chi connectivity index (χ4v) is 3.50. The summed E-state index contributed by atoms with van der Waals surface area (Å²) in [6.45, 7) is 0. The summed E-state index contributed by atoms with van der Waals surface area (Å²) in [7, 11) is -3.67. The third-order valence-corrected chi connectivity index (χ3v) is 5.14. The molecule has 0 bridgehead atoms. The van der Waals surface area contributed by atoms with Gasteiger partial charge in [-0.05, 0) is 35.9 Å². The largest absolute Gasteiger partial charge is 0.278 e. The van der Waals surface area contributed by atoms with E-state index in [1.165, 1.54) is 12.1 Å². The van der Waals surface area contributed by atoms with Crippen molar-refractivity contribution < 1.29 is 8.42 Å². The number of nitrogens with one attached hydrogen (secondary N) is 1. The monoisotopic (exact) mass is 393 g/mol. The van der Waals surface area contributed by atoms with Gasteiger partial charge in [-0.1, -0.05) is 51.3 Å². The zero-order valence-corrected chi connectivity index (χ0v) is 14.0. The van der Waals surface area contributed by atoms with Crippen LogP contribution in [0.3, 0.4) is 0 Å². The Morgan fingerprint density at radius 1 is 1.05 bits per heavy atom. The minimum absolute atomic E-state index is 0.174. The number of halogens is 3. The van der Waals surface area contributed by atoms with Gasteiger partial charge >= 0.3 is 0 Å². The van der Waals surface area contributed by atoms with Crippen molar-refractivity contribution in [2.45, 2.75) is 10.2 Å². The third kappa shape index (κ3) is 3.67. The van der Waals surface area contributed by atoms with Crippen molar-refractivity contribution in [2.24, 2.45) is 0 Å². The summed E-state index contributed by atoms with van der Waals surface area (Å²) in [4.78, 5) is 0.174. The highest BCUT2D eigenvalue weighted by molar-refractivity contribution is 9.08. The van der Waals surface area contributed by atoms with Crippen LogP contribution in [-0.2, 0) is 15.4 Å². The Hall–Kier alpha value is -0.750. The Morgan fingerprint density at radius 2 is 1.70 bits per heavy atom. The number of alkyl halides is 1. The van der Waals surface area contributed by atoms with Crippen LogP contribution in [0, 0.1) is 0 Å². The van der Waals surface area contributed by atoms with Crippen LogP contribution in [0.25, 0.3) is 0 Å². The van der Waals surface area contributed by atoms with Crippen LogP contribution in [0.2, 0.25) is 10.0 Å². The highest BCUT2D eigenvalue weighted by atomic mass is 79.9. The molecule has 0 saturated heterocycles. The molecule has 2 aromatic carbocycles. The van der Waals surface area contributed by atoms with E-state index in [1.807, 2.05) is 0 Å². The van der Waals surface area contributed by atoms with Crippen LogP contribution < -0.4 is 4.72 Å². The maximum atomic E-state index is 12.2. The summed E-state index contributed by atoms with van der Waals surface area (Å²) in [5, 5.41) is 1.36. The van der Waals surface area contributed by atoms with Crippen molar-refractivity contribution in [1.82, 2.24) is 0 Å². The van der Waals surface area contributed by atoms with Crippen molar-refractivity contribution in [3.05, 3.63) is 58.1 Å². The fourth-order valence-electron chi connectivity index (χ4n) is 1.53. The van der Waals surface area contributed by atoms with E-state index < -0.39 is 10.0 Å². The first-order valence-electron chi connectivity index (χ1n) is 5.55. The lowest BCUT2D eigenvalue weighted by Crippen LogP contribution is -2.13. The summed E-state index contributed by atoms with van der Waals surface area (Å²) in [6, 6.07) is 11.1. The summed E-state index contributed by atoms with van der Waals surface area (Å²) in [6.07, 6.45) is 0. The maximum Gasteiger partial charge on any atom is 0.261 e. The van der Waals surface area contributed by atoms with Crippen molar-refractivity contribution in [3.63, 3.8) is 0 Å². The van der Waals surface area contributed by atoms with Crippen molar-refractivity contribution in [3.8, 4) is 0 Å². The molecule has 0 atom stereocenters. The first-order valence-corrected chi connectivity index (χ1v) is 8.91. The molecule has 2 rings (SSSR count). The Balaban J connectivity index is 2.30. The quantitative estimate of drug-likeness (QED) is 0.764. The highest BCUT2D eigenvalue weighted by Crippen LogP contribution is 2.27. The second kappa shape index (κ2) is 6.35. The fraction of sp³-hybridized carbons (Fsp3) is 0.0769. The minimum Gasteiger partial charge on any atom is -0.278 e. The minimum atomic E-state index is -3.67. The molecule has 0 fully saturated rings. The van der Waals surface area contributed by atoms with Gasteiger partial charge in [0.25, 0.3) is 10.0 Å². The molecule has 0 aliphatic rings. The van der Waals surface area contributed by atoms with Crippen LogP contribution in [0.1, 0.15) is 5.56 Å². The van der Waals surface area contributed by atoms with E-state index in [0.29, 0.717) is 16.0 Å². The summed E-state index contributed by atoms with van der Waals surface area (Å²) in [5.41, 5.74) is 1.29. The van der Waals surface area contributed by atoms with Gasteiger partial charge in [0.1, 0.15) is 0 Å². The van der Waals surface area contributed by atoms with E-state index >= 15 is 0 Å². The molecule has 0 aromatic heterocycles. The average molecular weight is 395 g/mol. The van der Waals surface area contributed by atoms with Gasteiger partial charge in [0, 0.05) is 10.4 Å². The summed E-state index contributed by atoms with van der Waals surface area (Å²) < 4.78 is 26.9. The first-order chi connectivity index (χ1) is 9.42. The smallest absolute Gasteiger partial charge is 0.261 e. The molecule has 20 heavy (non-hydrogen) atoms. The topological polar surface area (TPSA) is 46.2 Å². The lowest BCUT2D eigenvalue weighted by Gasteiger charge is -2.10. The Kier molecular flexibility index (Phi) is 4.96. The third-order valence-electron chi connectivity index (χ3n) is 2.56. The number of rotatable bonds is 4. The van der Waals surface area contributed by atoms with Gasteiger partial charge in [0.15, 0.2) is 0 Å². The Morgan fingerprint density at radius 3 is 2.25 bits per heavy atom. The molecule has 0 aliphatic carbocycles. The summed E-state index contributed by atoms with van der Waals surface area (Å²) >= 11 is 15.0. The van der Waals surface area contributed by atoms with Gasteiger partial charge in [0.05, 0.1) is 15.6 Å². The molecule has 0 spiro atoms. The van der Waals surface area contributed by atoms with Gasteiger partial charge in [0.2, 0.25) is 0 Å². The first kappa shape index (κ1) is 15.6. The van der Waals surface area contributed by atoms with Crippen molar-refractivity contribution in [2.75, 3.05) is 4.72 Å². The van der Waals surface area contributed by atoms with Crippen LogP contribution in [-0.4, -0.2) is 8.42 Å². The second-order valence-corrected chi connectivity index (χ2v) is 7.09. The number of hydrogen-bond acceptors (Lipinski definition) is 2. The van der Waals surface area contributed by atoms with E-state index in [1.54, 1.807) is 30.3 Å². The van der Waals surface area contributed by atoms with Crippen LogP contribution in [0.5, 0.6) is 0 Å². The zero-order chi connectivity index (χ0) is 14.8. The lowest BCUT2D eigenvalue weighted by molar-refractivity contribution is 0.601. The standard InChI is InChI=1S/C13H10BrCl2NO2S/c14-8-9-1-4-11(5-2-9)20(18,19)17-13-6-3-10(15)7-12(13)16/h1-7,17H,8H2. The van der Waals surface area contributed by atoms with E-state index in [0.717, 1.165) is 5.56 Å². The van der Waals surface area contributed by atoms with Gasteiger partial charge < -0.3 is 0 Å². The van der Waals surface area contributed by atoms with Crippen molar-refractivity contribution >= 4 is 54.8 Å². The van der Waals surface area contributed by atoms with E-state index in [2.05, 4.69) is 20.7 Å². The van der Waals surface area contributed by atoms with Gasteiger partial charge in [-0.15, -0.1) is 0 Å². The predicted octanol–water partition coefficient (Wildman–Crippen LogP) is 4.69. The van der Waals surface area contributed by atoms with Crippen LogP contribution in [0.4, 0.5) is 5.69 Å². The Labute approximate surface area is 136 Å². The Bertz CT molecular complexity index is 718. The van der Waals surface area contributed by atoms with E-state index in [4.69, 9.17) is 23.2 Å². The predicted molar refractivity (Wildman–Crippen MR) is 86.3 cm³/mol. The molecule has 1 N–H and O–H groups in total. The normalized spacial score (nSPS) is 11.3. The summed E-state index contributed by atoms with van der Waals surface area (Å²) in [5.74, 6) is 0. The molecule has 0 aliphatic heterocycles. The van der Waals surface area contributed by atoms with Gasteiger partial charge in [-0.2, -0.15) is 0 Å². The van der Waals surface area contributed by atoms with Crippen molar-refractivity contribution in [1.29, 1.82) is 0 Å². The lowest BCUT2D eigenvalue weighted by atomic mass is 10.2. The van der Waals surface area contributed by atoms with Gasteiger partial charge in [-0.3, -0.25) is 4.72 Å².